The Morgan fingerprint density at radius 2 is 1.90 bits per heavy atom. The van der Waals surface area contributed by atoms with Crippen LogP contribution in [0.15, 0.2) is 9.59 Å². The van der Waals surface area contributed by atoms with Gasteiger partial charge in [-0.1, -0.05) is 0 Å². The fraction of sp³-hybridized carbons (Fsp3) is 0.619. The summed E-state index contributed by atoms with van der Waals surface area (Å²) < 4.78 is 50.7. The van der Waals surface area contributed by atoms with Crippen LogP contribution in [0.3, 0.4) is 0 Å². The minimum Gasteiger partial charge on any atom is -0.492 e. The second kappa shape index (κ2) is 6.75. The number of rotatable bonds is 3. The normalized spacial score (nSPS) is 27.5. The van der Waals surface area contributed by atoms with Crippen molar-refractivity contribution in [3.63, 3.8) is 0 Å². The molecule has 168 valence electrons. The van der Waals surface area contributed by atoms with Gasteiger partial charge in [-0.05, 0) is 32.1 Å². The van der Waals surface area contributed by atoms with E-state index in [9.17, 15) is 23.5 Å². The molecule has 1 aromatic carbocycles. The van der Waals surface area contributed by atoms with Crippen LogP contribution in [0.2, 0.25) is 0 Å². The van der Waals surface area contributed by atoms with E-state index in [0.717, 1.165) is 12.8 Å². The van der Waals surface area contributed by atoms with Crippen LogP contribution in [0.1, 0.15) is 37.3 Å². The van der Waals surface area contributed by atoms with Crippen molar-refractivity contribution in [1.29, 1.82) is 0 Å². The predicted molar refractivity (Wildman–Crippen MR) is 108 cm³/mol. The Balaban J connectivity index is 1.72. The van der Waals surface area contributed by atoms with Crippen LogP contribution in [0.4, 0.5) is 18.9 Å². The van der Waals surface area contributed by atoms with E-state index in [1.807, 2.05) is 0 Å². The first kappa shape index (κ1) is 20.4. The van der Waals surface area contributed by atoms with E-state index >= 15 is 4.39 Å². The molecule has 2 aliphatic carbocycles. The van der Waals surface area contributed by atoms with Gasteiger partial charge in [0, 0.05) is 37.0 Å². The highest BCUT2D eigenvalue weighted by Gasteiger charge is 2.53. The van der Waals surface area contributed by atoms with E-state index in [2.05, 4.69) is 4.98 Å². The molecule has 3 atom stereocenters. The number of ether oxygens (including phenoxy) is 1. The number of aromatic nitrogens is 2. The first-order chi connectivity index (χ1) is 14.7. The molecule has 7 nitrogen and oxygen atoms in total. The molecule has 3 aliphatic rings. The van der Waals surface area contributed by atoms with Gasteiger partial charge in [0.1, 0.15) is 17.3 Å². The number of hydrogen-bond acceptors (Lipinski definition) is 5. The van der Waals surface area contributed by atoms with Crippen LogP contribution in [-0.2, 0) is 0 Å². The number of nitrogens with one attached hydrogen (secondary N) is 1. The Bertz CT molecular complexity index is 1190. The highest BCUT2D eigenvalue weighted by Crippen LogP contribution is 2.49. The van der Waals surface area contributed by atoms with E-state index in [1.165, 1.54) is 18.6 Å². The summed E-state index contributed by atoms with van der Waals surface area (Å²) in [6, 6.07) is -0.111. The lowest BCUT2D eigenvalue weighted by Crippen LogP contribution is -2.46. The first-order valence-corrected chi connectivity index (χ1v) is 10.5. The molecule has 2 saturated carbocycles. The molecule has 1 aromatic heterocycles. The predicted octanol–water partition coefficient (Wildman–Crippen LogP) is 2.32. The third-order valence-corrected chi connectivity index (χ3v) is 7.10. The number of alkyl halides is 2. The number of hydrogen-bond donors (Lipinski definition) is 2. The lowest BCUT2D eigenvalue weighted by molar-refractivity contribution is -0.161. The number of nitrogens with zero attached hydrogens (tertiary/aromatic N) is 2. The van der Waals surface area contributed by atoms with Gasteiger partial charge in [-0.2, -0.15) is 0 Å². The Morgan fingerprint density at radius 3 is 2.55 bits per heavy atom. The molecular weight excluding hydrogens is 415 g/mol. The van der Waals surface area contributed by atoms with Gasteiger partial charge in [-0.3, -0.25) is 14.3 Å². The fourth-order valence-corrected chi connectivity index (χ4v) is 5.36. The van der Waals surface area contributed by atoms with Gasteiger partial charge in [0.2, 0.25) is 0 Å². The maximum atomic E-state index is 15.6. The standard InChI is InChI=1S/C21H24F3N3O4/c1-9-13-15(27(11-3-4-11)20(30)25-19(13)29)17(31-2)16(14(9)22)26-7-10-5-6-21(23,24)18(28)12(10)8-26/h10-12,18,28H,3-8H2,1-2H3,(H,25,29,30). The largest absolute Gasteiger partial charge is 0.492 e. The maximum absolute atomic E-state index is 15.6. The minimum absolute atomic E-state index is 0.0382. The molecule has 5 rings (SSSR count). The molecule has 3 fully saturated rings. The van der Waals surface area contributed by atoms with Crippen LogP contribution < -0.4 is 20.9 Å². The van der Waals surface area contributed by atoms with Gasteiger partial charge < -0.3 is 14.7 Å². The van der Waals surface area contributed by atoms with Gasteiger partial charge in [-0.25, -0.2) is 18.0 Å². The van der Waals surface area contributed by atoms with Gasteiger partial charge in [0.15, 0.2) is 11.6 Å². The molecule has 0 amide bonds. The average molecular weight is 439 g/mol. The Morgan fingerprint density at radius 1 is 1.19 bits per heavy atom. The number of aromatic amines is 1. The SMILES string of the molecule is COc1c(N2CC3CCC(F)(F)C(O)C3C2)c(F)c(C)c2c(=O)[nH]c(=O)n(C3CC3)c12. The van der Waals surface area contributed by atoms with Crippen LogP contribution in [0.5, 0.6) is 5.75 Å². The number of methoxy groups -OCH3 is 1. The van der Waals surface area contributed by atoms with Crippen LogP contribution in [-0.4, -0.2) is 46.9 Å². The summed E-state index contributed by atoms with van der Waals surface area (Å²) in [7, 11) is 1.34. The molecule has 2 N–H and O–H groups in total. The fourth-order valence-electron chi connectivity index (χ4n) is 5.36. The molecule has 3 unspecified atom stereocenters. The molecule has 31 heavy (non-hydrogen) atoms. The van der Waals surface area contributed by atoms with Gasteiger partial charge in [-0.15, -0.1) is 0 Å². The quantitative estimate of drug-likeness (QED) is 0.767. The molecule has 1 aliphatic heterocycles. The number of aryl methyl sites for hydroxylation is 1. The molecule has 0 bridgehead atoms. The van der Waals surface area contributed by atoms with Gasteiger partial charge >= 0.3 is 5.69 Å². The van der Waals surface area contributed by atoms with Gasteiger partial charge in [0.25, 0.3) is 11.5 Å². The molecule has 2 aromatic rings. The number of aliphatic hydroxyl groups excluding tert-OH is 1. The van der Waals surface area contributed by atoms with Crippen LogP contribution in [0, 0.1) is 24.6 Å². The number of benzene rings is 1. The maximum Gasteiger partial charge on any atom is 0.329 e. The molecule has 1 saturated heterocycles. The van der Waals surface area contributed by atoms with Gasteiger partial charge in [0.05, 0.1) is 12.5 Å². The Hall–Kier alpha value is -2.49. The summed E-state index contributed by atoms with van der Waals surface area (Å²) in [5, 5.41) is 10.2. The van der Waals surface area contributed by atoms with Crippen molar-refractivity contribution in [2.24, 2.45) is 11.8 Å². The molecular formula is C21H24F3N3O4. The van der Waals surface area contributed by atoms with Crippen molar-refractivity contribution in [3.8, 4) is 5.75 Å². The second-order valence-corrected chi connectivity index (χ2v) is 8.98. The number of H-pyrrole nitrogens is 1. The minimum atomic E-state index is -3.17. The van der Waals surface area contributed by atoms with E-state index in [1.54, 1.807) is 4.90 Å². The summed E-state index contributed by atoms with van der Waals surface area (Å²) in [6.45, 7) is 1.78. The van der Waals surface area contributed by atoms with Crippen molar-refractivity contribution in [2.45, 2.75) is 50.7 Å². The average Bonchev–Trinajstić information content (AvgIpc) is 3.45. The summed E-state index contributed by atoms with van der Waals surface area (Å²) in [5.74, 6) is -4.71. The van der Waals surface area contributed by atoms with Crippen LogP contribution in [0.25, 0.3) is 10.9 Å². The van der Waals surface area contributed by atoms with Crippen molar-refractivity contribution < 1.29 is 23.0 Å². The van der Waals surface area contributed by atoms with E-state index in [-0.39, 0.29) is 59.4 Å². The first-order valence-electron chi connectivity index (χ1n) is 10.5. The van der Waals surface area contributed by atoms with E-state index < -0.39 is 41.4 Å². The lowest BCUT2D eigenvalue weighted by atomic mass is 9.77. The Kier molecular flexibility index (Phi) is 4.45. The zero-order chi connectivity index (χ0) is 22.2. The van der Waals surface area contributed by atoms with Crippen LogP contribution >= 0.6 is 0 Å². The monoisotopic (exact) mass is 439 g/mol. The van der Waals surface area contributed by atoms with E-state index in [4.69, 9.17) is 4.74 Å². The summed E-state index contributed by atoms with van der Waals surface area (Å²) >= 11 is 0. The van der Waals surface area contributed by atoms with Crippen molar-refractivity contribution in [1.82, 2.24) is 9.55 Å². The topological polar surface area (TPSA) is 87.6 Å². The number of fused-ring (bicyclic) bond motifs is 2. The van der Waals surface area contributed by atoms with Crippen molar-refractivity contribution in [2.75, 3.05) is 25.1 Å². The number of anilines is 1. The molecule has 2 heterocycles. The number of aliphatic hydroxyl groups is 1. The molecule has 0 radical (unpaired) electrons. The summed E-state index contributed by atoms with van der Waals surface area (Å²) in [5.41, 5.74) is -0.920. The van der Waals surface area contributed by atoms with Crippen molar-refractivity contribution >= 4 is 16.6 Å². The zero-order valence-electron chi connectivity index (χ0n) is 17.3. The third kappa shape index (κ3) is 2.90. The third-order valence-electron chi connectivity index (χ3n) is 7.10. The highest BCUT2D eigenvalue weighted by atomic mass is 19.3. The summed E-state index contributed by atoms with van der Waals surface area (Å²) in [6.07, 6.45) is -0.458. The lowest BCUT2D eigenvalue weighted by Gasteiger charge is -2.35. The Labute approximate surface area is 175 Å². The zero-order valence-corrected chi connectivity index (χ0v) is 17.3. The van der Waals surface area contributed by atoms with Crippen molar-refractivity contribution in [3.05, 3.63) is 32.2 Å². The molecule has 10 heteroatoms. The van der Waals surface area contributed by atoms with E-state index in [0.29, 0.717) is 0 Å². The number of halogens is 3. The highest BCUT2D eigenvalue weighted by molar-refractivity contribution is 5.93. The molecule has 0 spiro atoms. The second-order valence-electron chi connectivity index (χ2n) is 8.98. The smallest absolute Gasteiger partial charge is 0.329 e. The summed E-state index contributed by atoms with van der Waals surface area (Å²) in [4.78, 5) is 29.0.